The number of fused-ring (bicyclic) bond motifs is 1. The summed E-state index contributed by atoms with van der Waals surface area (Å²) in [6.07, 6.45) is 0. The molecule has 2 atom stereocenters. The average Bonchev–Trinajstić information content (AvgIpc) is 2.53. The SMILES string of the molecule is CC(C)NC(=O)CNC(=O)c1cc(N2C[C@H]3NCC32)ccc1[N+](=O)[O-]. The third kappa shape index (κ3) is 3.41. The Balaban J connectivity index is 1.74. The van der Waals surface area contributed by atoms with E-state index in [1.165, 1.54) is 12.1 Å². The molecule has 2 heterocycles. The van der Waals surface area contributed by atoms with Crippen LogP contribution in [0.25, 0.3) is 0 Å². The predicted octanol–water partition coefficient (Wildman–Crippen LogP) is 0.00960. The van der Waals surface area contributed by atoms with Crippen LogP contribution in [0.15, 0.2) is 18.2 Å². The molecule has 25 heavy (non-hydrogen) atoms. The van der Waals surface area contributed by atoms with Crippen molar-refractivity contribution < 1.29 is 14.5 Å². The zero-order valence-corrected chi connectivity index (χ0v) is 14.1. The lowest BCUT2D eigenvalue weighted by molar-refractivity contribution is -0.385. The third-order valence-electron chi connectivity index (χ3n) is 4.46. The van der Waals surface area contributed by atoms with E-state index in [9.17, 15) is 19.7 Å². The largest absolute Gasteiger partial charge is 0.364 e. The van der Waals surface area contributed by atoms with Gasteiger partial charge in [0.15, 0.2) is 0 Å². The van der Waals surface area contributed by atoms with E-state index >= 15 is 0 Å². The fourth-order valence-corrected chi connectivity index (χ4v) is 3.08. The van der Waals surface area contributed by atoms with E-state index in [4.69, 9.17) is 0 Å². The fourth-order valence-electron chi connectivity index (χ4n) is 3.08. The summed E-state index contributed by atoms with van der Waals surface area (Å²) in [6.45, 7) is 5.09. The Bertz CT molecular complexity index is 720. The Kier molecular flexibility index (Phi) is 4.58. The van der Waals surface area contributed by atoms with Crippen molar-refractivity contribution in [3.8, 4) is 0 Å². The quantitative estimate of drug-likeness (QED) is 0.493. The lowest BCUT2D eigenvalue weighted by Crippen LogP contribution is -2.78. The molecule has 2 aliphatic rings. The number of hydrogen-bond donors (Lipinski definition) is 3. The summed E-state index contributed by atoms with van der Waals surface area (Å²) < 4.78 is 0. The maximum absolute atomic E-state index is 12.4. The van der Waals surface area contributed by atoms with Crippen molar-refractivity contribution in [2.45, 2.75) is 32.0 Å². The molecule has 3 N–H and O–H groups in total. The number of hydrogen-bond acceptors (Lipinski definition) is 6. The Morgan fingerprint density at radius 3 is 2.72 bits per heavy atom. The van der Waals surface area contributed by atoms with E-state index in [2.05, 4.69) is 20.9 Å². The monoisotopic (exact) mass is 347 g/mol. The molecule has 1 aromatic rings. The normalized spacial score (nSPS) is 21.0. The number of amides is 2. The summed E-state index contributed by atoms with van der Waals surface area (Å²) in [5.41, 5.74) is 0.482. The summed E-state index contributed by atoms with van der Waals surface area (Å²) in [5.74, 6) is -0.968. The van der Waals surface area contributed by atoms with Crippen LogP contribution in [0.4, 0.5) is 11.4 Å². The zero-order valence-electron chi connectivity index (χ0n) is 14.1. The van der Waals surface area contributed by atoms with E-state index in [-0.39, 0.29) is 29.7 Å². The molecule has 1 aromatic carbocycles. The van der Waals surface area contributed by atoms with E-state index < -0.39 is 10.8 Å². The number of anilines is 1. The van der Waals surface area contributed by atoms with Crippen LogP contribution in [0.2, 0.25) is 0 Å². The van der Waals surface area contributed by atoms with Gasteiger partial charge in [-0.15, -0.1) is 0 Å². The number of carbonyl (C=O) groups excluding carboxylic acids is 2. The van der Waals surface area contributed by atoms with Crippen LogP contribution in [-0.4, -0.2) is 54.5 Å². The Morgan fingerprint density at radius 1 is 1.44 bits per heavy atom. The summed E-state index contributed by atoms with van der Waals surface area (Å²) in [5, 5.41) is 19.6. The molecule has 0 aliphatic carbocycles. The minimum Gasteiger partial charge on any atom is -0.364 e. The van der Waals surface area contributed by atoms with Crippen molar-refractivity contribution in [3.63, 3.8) is 0 Å². The molecule has 2 fully saturated rings. The summed E-state index contributed by atoms with van der Waals surface area (Å²) >= 11 is 0. The number of piperazine rings is 1. The van der Waals surface area contributed by atoms with Crippen LogP contribution >= 0.6 is 0 Å². The van der Waals surface area contributed by atoms with Crippen LogP contribution in [0.3, 0.4) is 0 Å². The topological polar surface area (TPSA) is 117 Å². The van der Waals surface area contributed by atoms with Crippen LogP contribution in [0.1, 0.15) is 24.2 Å². The van der Waals surface area contributed by atoms with Gasteiger partial charge in [-0.1, -0.05) is 0 Å². The lowest BCUT2D eigenvalue weighted by atomic mass is 9.88. The Morgan fingerprint density at radius 2 is 2.20 bits per heavy atom. The van der Waals surface area contributed by atoms with Gasteiger partial charge >= 0.3 is 0 Å². The molecule has 1 unspecified atom stereocenters. The van der Waals surface area contributed by atoms with Crippen molar-refractivity contribution in [2.75, 3.05) is 24.5 Å². The second kappa shape index (κ2) is 6.67. The molecule has 0 aromatic heterocycles. The third-order valence-corrected chi connectivity index (χ3v) is 4.46. The number of nitrogens with zero attached hydrogens (tertiary/aromatic N) is 2. The predicted molar refractivity (Wildman–Crippen MR) is 91.6 cm³/mol. The Hall–Kier alpha value is -2.68. The Labute approximate surface area is 144 Å². The van der Waals surface area contributed by atoms with Crippen LogP contribution in [0, 0.1) is 10.1 Å². The molecule has 9 nitrogen and oxygen atoms in total. The standard InChI is InChI=1S/C16H21N5O4/c1-9(2)19-15(22)7-18-16(23)11-5-10(3-4-13(11)21(24)25)20-8-12-14(20)6-17-12/h3-5,9,12,14,17H,6-8H2,1-2H3,(H,18,23)(H,19,22)/t12-,14?/m1/s1. The van der Waals surface area contributed by atoms with Gasteiger partial charge in [-0.3, -0.25) is 19.7 Å². The first-order valence-electron chi connectivity index (χ1n) is 8.23. The van der Waals surface area contributed by atoms with E-state index in [0.29, 0.717) is 12.1 Å². The first kappa shape index (κ1) is 17.2. The lowest BCUT2D eigenvalue weighted by Gasteiger charge is -2.57. The molecule has 0 spiro atoms. The van der Waals surface area contributed by atoms with Crippen molar-refractivity contribution >= 4 is 23.2 Å². The van der Waals surface area contributed by atoms with Crippen molar-refractivity contribution in [2.24, 2.45) is 0 Å². The van der Waals surface area contributed by atoms with E-state index in [1.807, 2.05) is 13.8 Å². The number of carbonyl (C=O) groups is 2. The summed E-state index contributed by atoms with van der Waals surface area (Å²) in [6, 6.07) is 5.34. The van der Waals surface area contributed by atoms with Gasteiger partial charge in [-0.25, -0.2) is 0 Å². The molecule has 2 aliphatic heterocycles. The molecule has 2 amide bonds. The summed E-state index contributed by atoms with van der Waals surface area (Å²) in [4.78, 5) is 36.8. The number of rotatable bonds is 6. The van der Waals surface area contributed by atoms with Gasteiger partial charge in [0.2, 0.25) is 5.91 Å². The van der Waals surface area contributed by atoms with Gasteiger partial charge in [0.05, 0.1) is 17.5 Å². The van der Waals surface area contributed by atoms with Crippen LogP contribution in [0.5, 0.6) is 0 Å². The van der Waals surface area contributed by atoms with Crippen molar-refractivity contribution in [1.82, 2.24) is 16.0 Å². The molecule has 0 radical (unpaired) electrons. The highest BCUT2D eigenvalue weighted by Crippen LogP contribution is 2.33. The maximum atomic E-state index is 12.4. The summed E-state index contributed by atoms with van der Waals surface area (Å²) in [7, 11) is 0. The molecule has 9 heteroatoms. The van der Waals surface area contributed by atoms with Gasteiger partial charge in [0.25, 0.3) is 11.6 Å². The molecular formula is C16H21N5O4. The van der Waals surface area contributed by atoms with E-state index in [1.54, 1.807) is 6.07 Å². The van der Waals surface area contributed by atoms with Gasteiger partial charge in [0.1, 0.15) is 5.56 Å². The second-order valence-corrected chi connectivity index (χ2v) is 6.60. The molecule has 134 valence electrons. The highest BCUT2D eigenvalue weighted by Gasteiger charge is 2.45. The second-order valence-electron chi connectivity index (χ2n) is 6.60. The number of benzene rings is 1. The smallest absolute Gasteiger partial charge is 0.282 e. The van der Waals surface area contributed by atoms with Gasteiger partial charge < -0.3 is 20.9 Å². The highest BCUT2D eigenvalue weighted by atomic mass is 16.6. The minimum atomic E-state index is -0.628. The van der Waals surface area contributed by atoms with Gasteiger partial charge in [0, 0.05) is 36.9 Å². The average molecular weight is 347 g/mol. The minimum absolute atomic E-state index is 0.0319. The van der Waals surface area contributed by atoms with Gasteiger partial charge in [-0.05, 0) is 26.0 Å². The van der Waals surface area contributed by atoms with E-state index in [0.717, 1.165) is 18.8 Å². The number of nitro groups is 1. The van der Waals surface area contributed by atoms with Crippen molar-refractivity contribution in [3.05, 3.63) is 33.9 Å². The molecule has 0 bridgehead atoms. The number of nitro benzene ring substituents is 1. The fraction of sp³-hybridized carbons (Fsp3) is 0.500. The number of nitrogens with one attached hydrogen (secondary N) is 3. The maximum Gasteiger partial charge on any atom is 0.282 e. The first-order chi connectivity index (χ1) is 11.9. The molecule has 3 rings (SSSR count). The van der Waals surface area contributed by atoms with Gasteiger partial charge in [-0.2, -0.15) is 0 Å². The molecule has 2 saturated heterocycles. The first-order valence-corrected chi connectivity index (χ1v) is 8.23. The zero-order chi connectivity index (χ0) is 18.1. The van der Waals surface area contributed by atoms with Crippen LogP contribution < -0.4 is 20.9 Å². The van der Waals surface area contributed by atoms with Crippen LogP contribution in [-0.2, 0) is 4.79 Å². The molecule has 0 saturated carbocycles. The van der Waals surface area contributed by atoms with Crippen molar-refractivity contribution in [1.29, 1.82) is 0 Å². The molecular weight excluding hydrogens is 326 g/mol. The highest BCUT2D eigenvalue weighted by molar-refractivity contribution is 6.00.